The fourth-order valence-electron chi connectivity index (χ4n) is 4.22. The van der Waals surface area contributed by atoms with Gasteiger partial charge in [-0.1, -0.05) is 17.7 Å². The third-order valence-corrected chi connectivity index (χ3v) is 7.54. The summed E-state index contributed by atoms with van der Waals surface area (Å²) in [5.74, 6) is -2.18. The lowest BCUT2D eigenvalue weighted by Gasteiger charge is -2.24. The molecular weight excluding hydrogens is 540 g/mol. The number of sulfone groups is 1. The maximum atomic E-state index is 15.0. The molecule has 38 heavy (non-hydrogen) atoms. The number of nitrogens with one attached hydrogen (secondary N) is 2. The van der Waals surface area contributed by atoms with Crippen LogP contribution in [0.1, 0.15) is 6.42 Å². The molecule has 0 saturated carbocycles. The smallest absolute Gasteiger partial charge is 0.322 e. The zero-order valence-corrected chi connectivity index (χ0v) is 21.9. The molecule has 1 heterocycles. The van der Waals surface area contributed by atoms with Crippen molar-refractivity contribution in [3.05, 3.63) is 77.3 Å². The van der Waals surface area contributed by atoms with Gasteiger partial charge in [0.05, 0.1) is 16.7 Å². The summed E-state index contributed by atoms with van der Waals surface area (Å²) < 4.78 is 58.5. The molecule has 3 aromatic carbocycles. The normalized spacial score (nSPS) is 17.3. The van der Waals surface area contributed by atoms with E-state index in [1.54, 1.807) is 24.3 Å². The van der Waals surface area contributed by atoms with Crippen LogP contribution in [0, 0.1) is 11.6 Å². The highest BCUT2D eigenvalue weighted by atomic mass is 35.5. The number of methoxy groups -OCH3 is 1. The Balaban J connectivity index is 1.54. The Morgan fingerprint density at radius 2 is 1.74 bits per heavy atom. The van der Waals surface area contributed by atoms with Gasteiger partial charge in [-0.2, -0.15) is 0 Å². The van der Waals surface area contributed by atoms with Crippen LogP contribution in [0.15, 0.2) is 65.6 Å². The van der Waals surface area contributed by atoms with E-state index >= 15 is 4.39 Å². The summed E-state index contributed by atoms with van der Waals surface area (Å²) in [4.78, 5) is 27.2. The zero-order chi connectivity index (χ0) is 27.6. The van der Waals surface area contributed by atoms with Crippen molar-refractivity contribution in [2.24, 2.45) is 0 Å². The van der Waals surface area contributed by atoms with Gasteiger partial charge < -0.3 is 20.3 Å². The van der Waals surface area contributed by atoms with Crippen molar-refractivity contribution in [2.45, 2.75) is 23.5 Å². The van der Waals surface area contributed by atoms with Gasteiger partial charge >= 0.3 is 6.03 Å². The number of hydrogen-bond acceptors (Lipinski definition) is 5. The number of benzene rings is 3. The molecule has 1 aliphatic heterocycles. The molecule has 0 radical (unpaired) electrons. The Morgan fingerprint density at radius 3 is 2.37 bits per heavy atom. The lowest BCUT2D eigenvalue weighted by atomic mass is 10.0. The standard InChI is InChI=1S/C26H24ClF2N3O5S/c1-37-19-13-23(32(14-19)26(34)30-18-7-4-16(27)5-8-18)25(33)31-22-9-3-15(11-21(22)29)20-12-17(28)6-10-24(20)38(2,35)36/h3-12,19,23H,13-14H2,1-2H3,(H,30,34)(H,31,33). The molecule has 4 rings (SSSR count). The van der Waals surface area contributed by atoms with Crippen LogP contribution in [-0.4, -0.2) is 57.3 Å². The molecule has 1 aliphatic rings. The van der Waals surface area contributed by atoms with E-state index in [9.17, 15) is 22.4 Å². The molecule has 12 heteroatoms. The molecule has 1 saturated heterocycles. The van der Waals surface area contributed by atoms with Gasteiger partial charge in [-0.3, -0.25) is 4.79 Å². The van der Waals surface area contributed by atoms with E-state index < -0.39 is 45.6 Å². The number of hydrogen-bond donors (Lipinski definition) is 2. The van der Waals surface area contributed by atoms with E-state index in [1.807, 2.05) is 0 Å². The molecule has 3 amide bonds. The van der Waals surface area contributed by atoms with Gasteiger partial charge in [-0.25, -0.2) is 22.0 Å². The van der Waals surface area contributed by atoms with Crippen LogP contribution in [0.3, 0.4) is 0 Å². The first-order valence-corrected chi connectivity index (χ1v) is 13.7. The number of carbonyl (C=O) groups is 2. The van der Waals surface area contributed by atoms with E-state index in [0.717, 1.165) is 30.5 Å². The van der Waals surface area contributed by atoms with E-state index in [0.29, 0.717) is 10.7 Å². The minimum Gasteiger partial charge on any atom is -0.380 e. The molecule has 2 atom stereocenters. The fourth-order valence-corrected chi connectivity index (χ4v) is 5.24. The minimum atomic E-state index is -3.72. The predicted molar refractivity (Wildman–Crippen MR) is 140 cm³/mol. The van der Waals surface area contributed by atoms with Gasteiger partial charge in [0.15, 0.2) is 9.84 Å². The van der Waals surface area contributed by atoms with Crippen molar-refractivity contribution in [1.29, 1.82) is 0 Å². The van der Waals surface area contributed by atoms with Crippen molar-refractivity contribution in [1.82, 2.24) is 4.90 Å². The Bertz CT molecular complexity index is 1480. The molecule has 8 nitrogen and oxygen atoms in total. The molecular formula is C26H24ClF2N3O5S. The fraction of sp³-hybridized carbons (Fsp3) is 0.231. The third-order valence-electron chi connectivity index (χ3n) is 6.13. The molecule has 2 unspecified atom stereocenters. The molecule has 3 aromatic rings. The van der Waals surface area contributed by atoms with Gasteiger partial charge in [0.1, 0.15) is 17.7 Å². The minimum absolute atomic E-state index is 0.00643. The highest BCUT2D eigenvalue weighted by molar-refractivity contribution is 7.90. The summed E-state index contributed by atoms with van der Waals surface area (Å²) in [7, 11) is -2.25. The zero-order valence-electron chi connectivity index (χ0n) is 20.4. The quantitative estimate of drug-likeness (QED) is 0.413. The van der Waals surface area contributed by atoms with E-state index in [2.05, 4.69) is 10.6 Å². The van der Waals surface area contributed by atoms with Crippen molar-refractivity contribution in [3.8, 4) is 11.1 Å². The second kappa shape index (κ2) is 11.1. The Hall–Kier alpha value is -3.54. The van der Waals surface area contributed by atoms with Gasteiger partial charge in [-0.05, 0) is 60.2 Å². The average molecular weight is 564 g/mol. The lowest BCUT2D eigenvalue weighted by molar-refractivity contribution is -0.119. The first-order chi connectivity index (χ1) is 18.0. The molecule has 0 aliphatic carbocycles. The summed E-state index contributed by atoms with van der Waals surface area (Å²) in [5.41, 5.74) is 0.402. The van der Waals surface area contributed by atoms with Crippen LogP contribution in [0.25, 0.3) is 11.1 Å². The van der Waals surface area contributed by atoms with Crippen LogP contribution in [0.5, 0.6) is 0 Å². The lowest BCUT2D eigenvalue weighted by Crippen LogP contribution is -2.45. The van der Waals surface area contributed by atoms with Crippen LogP contribution in [0.4, 0.5) is 25.0 Å². The van der Waals surface area contributed by atoms with Crippen molar-refractivity contribution in [2.75, 3.05) is 30.5 Å². The number of carbonyl (C=O) groups excluding carboxylic acids is 2. The molecule has 0 bridgehead atoms. The van der Waals surface area contributed by atoms with Gasteiger partial charge in [0.25, 0.3) is 0 Å². The van der Waals surface area contributed by atoms with Crippen LogP contribution < -0.4 is 10.6 Å². The monoisotopic (exact) mass is 563 g/mol. The van der Waals surface area contributed by atoms with Gasteiger partial charge in [0, 0.05) is 42.6 Å². The third kappa shape index (κ3) is 6.12. The summed E-state index contributed by atoms with van der Waals surface area (Å²) in [6.07, 6.45) is 0.756. The van der Waals surface area contributed by atoms with Crippen LogP contribution in [0.2, 0.25) is 5.02 Å². The maximum Gasteiger partial charge on any atom is 0.322 e. The largest absolute Gasteiger partial charge is 0.380 e. The van der Waals surface area contributed by atoms with Crippen LogP contribution in [-0.2, 0) is 19.4 Å². The highest BCUT2D eigenvalue weighted by Crippen LogP contribution is 2.31. The number of rotatable bonds is 6. The van der Waals surface area contributed by atoms with E-state index in [4.69, 9.17) is 16.3 Å². The van der Waals surface area contributed by atoms with E-state index in [1.165, 1.54) is 24.1 Å². The summed E-state index contributed by atoms with van der Waals surface area (Å²) >= 11 is 5.88. The van der Waals surface area contributed by atoms with Crippen molar-refractivity contribution >= 4 is 44.8 Å². The Kier molecular flexibility index (Phi) is 8.00. The molecule has 2 N–H and O–H groups in total. The number of nitrogens with zero attached hydrogens (tertiary/aromatic N) is 1. The molecule has 0 aromatic heterocycles. The van der Waals surface area contributed by atoms with Gasteiger partial charge in [0.2, 0.25) is 5.91 Å². The molecule has 200 valence electrons. The second-order valence-electron chi connectivity index (χ2n) is 8.80. The first kappa shape index (κ1) is 27.5. The van der Waals surface area contributed by atoms with Gasteiger partial charge in [-0.15, -0.1) is 0 Å². The Labute approximate surface area is 223 Å². The van der Waals surface area contributed by atoms with Crippen LogP contribution >= 0.6 is 11.6 Å². The second-order valence-corrected chi connectivity index (χ2v) is 11.2. The number of ether oxygens (including phenoxy) is 1. The number of anilines is 2. The Morgan fingerprint density at radius 1 is 1.03 bits per heavy atom. The number of urea groups is 1. The summed E-state index contributed by atoms with van der Waals surface area (Å²) in [6.45, 7) is 0.142. The van der Waals surface area contributed by atoms with Crippen molar-refractivity contribution < 1.29 is 31.5 Å². The predicted octanol–water partition coefficient (Wildman–Crippen LogP) is 4.95. The average Bonchev–Trinajstić information content (AvgIpc) is 3.31. The summed E-state index contributed by atoms with van der Waals surface area (Å²) in [5, 5.41) is 5.69. The summed E-state index contributed by atoms with van der Waals surface area (Å²) in [6, 6.07) is 11.7. The SMILES string of the molecule is COC1CC(C(=O)Nc2ccc(-c3cc(F)ccc3S(C)(=O)=O)cc2F)N(C(=O)Nc2ccc(Cl)cc2)C1. The maximum absolute atomic E-state index is 15.0. The first-order valence-electron chi connectivity index (χ1n) is 11.4. The number of halogens is 3. The highest BCUT2D eigenvalue weighted by Gasteiger charge is 2.40. The molecule has 0 spiro atoms. The van der Waals surface area contributed by atoms with E-state index in [-0.39, 0.29) is 34.7 Å². The number of amides is 3. The number of likely N-dealkylation sites (tertiary alicyclic amines) is 1. The topological polar surface area (TPSA) is 105 Å². The molecule has 1 fully saturated rings. The van der Waals surface area contributed by atoms with Crippen molar-refractivity contribution in [3.63, 3.8) is 0 Å².